The van der Waals surface area contributed by atoms with Gasteiger partial charge in [0.15, 0.2) is 0 Å². The predicted molar refractivity (Wildman–Crippen MR) is 90.5 cm³/mol. The van der Waals surface area contributed by atoms with E-state index >= 15 is 0 Å². The van der Waals surface area contributed by atoms with Crippen LogP contribution in [0.3, 0.4) is 0 Å². The number of hydrogen-bond donors (Lipinski definition) is 0. The van der Waals surface area contributed by atoms with Gasteiger partial charge in [-0.2, -0.15) is 0 Å². The molecular formula is C17H36O3Si. The molecule has 126 valence electrons. The third-order valence-electron chi connectivity index (χ3n) is 3.20. The summed E-state index contributed by atoms with van der Waals surface area (Å²) in [5.74, 6) is 0. The summed E-state index contributed by atoms with van der Waals surface area (Å²) in [5.41, 5.74) is -0.350. The predicted octanol–water partition coefficient (Wildman–Crippen LogP) is 5.31. The molecule has 1 saturated carbocycles. The van der Waals surface area contributed by atoms with Crippen LogP contribution in [-0.2, 0) is 13.3 Å². The Labute approximate surface area is 133 Å². The Kier molecular flexibility index (Phi) is 5.75. The zero-order valence-electron chi connectivity index (χ0n) is 15.6. The van der Waals surface area contributed by atoms with E-state index in [0.717, 1.165) is 12.8 Å². The van der Waals surface area contributed by atoms with Gasteiger partial charge in [-0.25, -0.2) is 0 Å². The fraction of sp³-hybridized carbons (Fsp3) is 1.00. The quantitative estimate of drug-likeness (QED) is 0.657. The van der Waals surface area contributed by atoms with Gasteiger partial charge < -0.3 is 13.3 Å². The molecule has 0 spiro atoms. The van der Waals surface area contributed by atoms with E-state index in [2.05, 4.69) is 62.3 Å². The maximum atomic E-state index is 6.56. The van der Waals surface area contributed by atoms with Crippen molar-refractivity contribution in [2.45, 2.75) is 110 Å². The molecular weight excluding hydrogens is 280 g/mol. The molecule has 1 aliphatic carbocycles. The van der Waals surface area contributed by atoms with Crippen molar-refractivity contribution in [3.63, 3.8) is 0 Å². The summed E-state index contributed by atoms with van der Waals surface area (Å²) >= 11 is 0. The second kappa shape index (κ2) is 6.30. The van der Waals surface area contributed by atoms with E-state index in [1.165, 1.54) is 12.8 Å². The van der Waals surface area contributed by atoms with Gasteiger partial charge in [0.05, 0.1) is 16.8 Å². The van der Waals surface area contributed by atoms with E-state index in [0.29, 0.717) is 5.54 Å². The summed E-state index contributed by atoms with van der Waals surface area (Å²) in [5, 5.41) is 0. The number of rotatable bonds is 4. The Morgan fingerprint density at radius 1 is 0.619 bits per heavy atom. The second-order valence-electron chi connectivity index (χ2n) is 9.23. The maximum Gasteiger partial charge on any atom is 0.505 e. The second-order valence-corrected chi connectivity index (χ2v) is 11.9. The van der Waals surface area contributed by atoms with Crippen LogP contribution in [-0.4, -0.2) is 25.6 Å². The molecule has 1 rings (SSSR count). The van der Waals surface area contributed by atoms with Crippen LogP contribution in [0.2, 0.25) is 5.54 Å². The van der Waals surface area contributed by atoms with Crippen LogP contribution >= 0.6 is 0 Å². The summed E-state index contributed by atoms with van der Waals surface area (Å²) in [4.78, 5) is 0. The van der Waals surface area contributed by atoms with E-state index in [4.69, 9.17) is 13.3 Å². The van der Waals surface area contributed by atoms with Crippen molar-refractivity contribution in [2.24, 2.45) is 0 Å². The van der Waals surface area contributed by atoms with Crippen LogP contribution in [0.5, 0.6) is 0 Å². The standard InChI is InChI=1S/C17H36O3Si/c1-15(2,3)18-21(19-16(4,5)6,20-17(7,8)9)14-12-10-11-13-14/h14H,10-13H2,1-9H3. The fourth-order valence-corrected chi connectivity index (χ4v) is 7.17. The molecule has 0 N–H and O–H groups in total. The van der Waals surface area contributed by atoms with E-state index in [9.17, 15) is 0 Å². The molecule has 4 heteroatoms. The minimum Gasteiger partial charge on any atom is -0.368 e. The van der Waals surface area contributed by atoms with Crippen molar-refractivity contribution in [1.29, 1.82) is 0 Å². The third-order valence-corrected chi connectivity index (χ3v) is 7.47. The summed E-state index contributed by atoms with van der Waals surface area (Å²) < 4.78 is 19.7. The third kappa shape index (κ3) is 6.81. The summed E-state index contributed by atoms with van der Waals surface area (Å²) in [6, 6.07) is 0. The van der Waals surface area contributed by atoms with Crippen LogP contribution in [0.1, 0.15) is 88.0 Å². The first-order valence-corrected chi connectivity index (χ1v) is 10.1. The van der Waals surface area contributed by atoms with Gasteiger partial charge in [0.2, 0.25) is 0 Å². The van der Waals surface area contributed by atoms with Crippen LogP contribution in [0.25, 0.3) is 0 Å². The minimum absolute atomic E-state index is 0.259. The SMILES string of the molecule is CC(C)(C)O[Si](OC(C)(C)C)(OC(C)(C)C)C1CCCC1. The topological polar surface area (TPSA) is 27.7 Å². The van der Waals surface area contributed by atoms with Crippen molar-refractivity contribution in [2.75, 3.05) is 0 Å². The lowest BCUT2D eigenvalue weighted by Crippen LogP contribution is -2.59. The molecule has 0 saturated heterocycles. The van der Waals surface area contributed by atoms with Crippen molar-refractivity contribution < 1.29 is 13.3 Å². The normalized spacial score (nSPS) is 19.3. The van der Waals surface area contributed by atoms with Gasteiger partial charge in [-0.1, -0.05) is 12.8 Å². The van der Waals surface area contributed by atoms with Gasteiger partial charge >= 0.3 is 8.80 Å². The van der Waals surface area contributed by atoms with Crippen LogP contribution in [0.15, 0.2) is 0 Å². The summed E-state index contributed by atoms with van der Waals surface area (Å²) in [7, 11) is -2.77. The first-order chi connectivity index (χ1) is 9.23. The molecule has 0 atom stereocenters. The first-order valence-electron chi connectivity index (χ1n) is 8.33. The molecule has 0 heterocycles. The molecule has 1 fully saturated rings. The maximum absolute atomic E-state index is 6.56. The zero-order chi connectivity index (χ0) is 16.5. The average molecular weight is 317 g/mol. The highest BCUT2D eigenvalue weighted by Gasteiger charge is 2.56. The van der Waals surface area contributed by atoms with Crippen LogP contribution < -0.4 is 0 Å². The molecule has 0 bridgehead atoms. The van der Waals surface area contributed by atoms with Gasteiger partial charge in [-0.05, 0) is 75.2 Å². The smallest absolute Gasteiger partial charge is 0.368 e. The molecule has 21 heavy (non-hydrogen) atoms. The fourth-order valence-electron chi connectivity index (χ4n) is 2.87. The van der Waals surface area contributed by atoms with Crippen molar-refractivity contribution >= 4 is 8.80 Å². The van der Waals surface area contributed by atoms with Gasteiger partial charge in [-0.15, -0.1) is 0 Å². The Morgan fingerprint density at radius 2 is 0.905 bits per heavy atom. The van der Waals surface area contributed by atoms with Crippen LogP contribution in [0, 0.1) is 0 Å². The molecule has 0 amide bonds. The Bertz CT molecular complexity index is 287. The van der Waals surface area contributed by atoms with E-state index < -0.39 is 8.80 Å². The molecule has 1 aliphatic rings. The highest BCUT2D eigenvalue weighted by molar-refractivity contribution is 6.62. The molecule has 0 aromatic carbocycles. The van der Waals surface area contributed by atoms with Crippen molar-refractivity contribution in [1.82, 2.24) is 0 Å². The average Bonchev–Trinajstić information content (AvgIpc) is 2.59. The molecule has 0 aromatic heterocycles. The Morgan fingerprint density at radius 3 is 1.14 bits per heavy atom. The lowest BCUT2D eigenvalue weighted by molar-refractivity contribution is -0.0812. The highest BCUT2D eigenvalue weighted by Crippen LogP contribution is 2.45. The lowest BCUT2D eigenvalue weighted by atomic mass is 10.2. The van der Waals surface area contributed by atoms with Gasteiger partial charge in [0.1, 0.15) is 0 Å². The molecule has 0 aliphatic heterocycles. The Hall–Kier alpha value is 0.0969. The monoisotopic (exact) mass is 316 g/mol. The first kappa shape index (κ1) is 19.1. The minimum atomic E-state index is -2.77. The lowest BCUT2D eigenvalue weighted by Gasteiger charge is -2.45. The number of hydrogen-bond acceptors (Lipinski definition) is 3. The van der Waals surface area contributed by atoms with E-state index in [1.807, 2.05) is 0 Å². The highest BCUT2D eigenvalue weighted by atomic mass is 28.4. The van der Waals surface area contributed by atoms with Crippen molar-refractivity contribution in [3.05, 3.63) is 0 Å². The molecule has 0 aromatic rings. The largest absolute Gasteiger partial charge is 0.505 e. The summed E-state index contributed by atoms with van der Waals surface area (Å²) in [6.07, 6.45) is 4.84. The van der Waals surface area contributed by atoms with Crippen molar-refractivity contribution in [3.8, 4) is 0 Å². The van der Waals surface area contributed by atoms with Gasteiger partial charge in [0.25, 0.3) is 0 Å². The Balaban J connectivity index is 3.17. The van der Waals surface area contributed by atoms with E-state index in [1.54, 1.807) is 0 Å². The molecule has 0 radical (unpaired) electrons. The molecule has 0 unspecified atom stereocenters. The van der Waals surface area contributed by atoms with Gasteiger partial charge in [0, 0.05) is 5.54 Å². The van der Waals surface area contributed by atoms with E-state index in [-0.39, 0.29) is 16.8 Å². The van der Waals surface area contributed by atoms with Gasteiger partial charge in [-0.3, -0.25) is 0 Å². The summed E-state index contributed by atoms with van der Waals surface area (Å²) in [6.45, 7) is 18.9. The molecule has 3 nitrogen and oxygen atoms in total. The zero-order valence-corrected chi connectivity index (χ0v) is 16.6. The van der Waals surface area contributed by atoms with Crippen LogP contribution in [0.4, 0.5) is 0 Å².